The molecule has 210 valence electrons. The summed E-state index contributed by atoms with van der Waals surface area (Å²) in [7, 11) is 3.55. The largest absolute Gasteiger partial charge is 0.493 e. The molecule has 0 saturated carbocycles. The van der Waals surface area contributed by atoms with Crippen molar-refractivity contribution < 1.29 is 41.7 Å². The number of benzene rings is 3. The maximum atomic E-state index is 13.4. The summed E-state index contributed by atoms with van der Waals surface area (Å²) in [5.41, 5.74) is 2.27. The van der Waals surface area contributed by atoms with E-state index in [4.69, 9.17) is 18.9 Å². The van der Waals surface area contributed by atoms with E-state index in [1.54, 1.807) is 37.3 Å². The molecule has 0 spiro atoms. The minimum atomic E-state index is -4.51. The molecule has 1 aliphatic rings. The Bertz CT molecular complexity index is 1410. The highest BCUT2D eigenvalue weighted by atomic mass is 19.4. The number of halogens is 3. The number of rotatable bonds is 9. The average molecular weight is 555 g/mol. The third kappa shape index (κ3) is 6.70. The Balaban J connectivity index is 1.60. The highest BCUT2D eigenvalue weighted by Gasteiger charge is 2.36. The van der Waals surface area contributed by atoms with E-state index in [1.807, 2.05) is 19.0 Å². The van der Waals surface area contributed by atoms with Gasteiger partial charge in [0.2, 0.25) is 0 Å². The predicted octanol–water partition coefficient (Wildman–Crippen LogP) is 5.33. The van der Waals surface area contributed by atoms with Crippen LogP contribution in [0.4, 0.5) is 18.0 Å². The quantitative estimate of drug-likeness (QED) is 0.263. The van der Waals surface area contributed by atoms with E-state index >= 15 is 0 Å². The molecular weight excluding hydrogens is 526 g/mol. The summed E-state index contributed by atoms with van der Waals surface area (Å²) < 4.78 is 62.0. The van der Waals surface area contributed by atoms with E-state index in [2.05, 4.69) is 0 Å². The number of esters is 1. The van der Waals surface area contributed by atoms with Crippen molar-refractivity contribution in [1.82, 2.24) is 4.90 Å². The molecule has 1 amide bonds. The molecule has 0 N–H and O–H groups in total. The fourth-order valence-electron chi connectivity index (χ4n) is 4.52. The molecule has 3 aromatic carbocycles. The average Bonchev–Trinajstić information content (AvgIpc) is 3.28. The minimum absolute atomic E-state index is 0.0501. The van der Waals surface area contributed by atoms with Crippen LogP contribution in [0.25, 0.3) is 0 Å². The van der Waals surface area contributed by atoms with E-state index in [0.29, 0.717) is 33.9 Å². The number of aryl methyl sites for hydroxylation is 1. The zero-order chi connectivity index (χ0) is 29.0. The topological polar surface area (TPSA) is 74.3 Å². The number of alkyl halides is 3. The van der Waals surface area contributed by atoms with Crippen molar-refractivity contribution in [3.05, 3.63) is 82.4 Å². The number of carbonyl (C=O) groups is 2. The van der Waals surface area contributed by atoms with Crippen LogP contribution in [0.1, 0.15) is 33.9 Å². The Hall–Kier alpha value is -4.15. The number of ether oxygens (including phenoxy) is 4. The van der Waals surface area contributed by atoms with Gasteiger partial charge in [-0.3, -0.25) is 9.69 Å². The van der Waals surface area contributed by atoms with Crippen molar-refractivity contribution in [2.24, 2.45) is 0 Å². The van der Waals surface area contributed by atoms with E-state index in [-0.39, 0.29) is 25.1 Å². The number of hydrogen-bond donors (Lipinski definition) is 0. The summed E-state index contributed by atoms with van der Waals surface area (Å²) in [6, 6.07) is 14.4. The minimum Gasteiger partial charge on any atom is -0.493 e. The Morgan fingerprint density at radius 3 is 2.48 bits per heavy atom. The van der Waals surface area contributed by atoms with Crippen LogP contribution < -0.4 is 14.9 Å². The van der Waals surface area contributed by atoms with Gasteiger partial charge >= 0.3 is 18.2 Å². The summed E-state index contributed by atoms with van der Waals surface area (Å²) >= 11 is 0. The molecule has 0 aliphatic carbocycles. The van der Waals surface area contributed by atoms with Crippen LogP contribution in [0.2, 0.25) is 6.82 Å². The van der Waals surface area contributed by atoms with Crippen LogP contribution in [0.3, 0.4) is 0 Å². The third-order valence-electron chi connectivity index (χ3n) is 6.60. The SMILES string of the molecule is CBc1ccc(Oc2cc(CC(=O)OC)ccc2OC)c(CN2C[C@H](c3cc(C)cc(C(F)(F)F)c3)OC2=O)c1. The number of amides is 1. The Morgan fingerprint density at radius 1 is 1.05 bits per heavy atom. The van der Waals surface area contributed by atoms with Crippen molar-refractivity contribution in [2.45, 2.75) is 39.0 Å². The van der Waals surface area contributed by atoms with Gasteiger partial charge in [0.15, 0.2) is 18.8 Å². The first-order valence-corrected chi connectivity index (χ1v) is 12.7. The van der Waals surface area contributed by atoms with E-state index in [1.165, 1.54) is 19.1 Å². The smallest absolute Gasteiger partial charge is 0.416 e. The van der Waals surface area contributed by atoms with Crippen molar-refractivity contribution in [3.8, 4) is 17.2 Å². The van der Waals surface area contributed by atoms with E-state index in [0.717, 1.165) is 24.9 Å². The summed E-state index contributed by atoms with van der Waals surface area (Å²) in [5, 5.41) is 0. The molecule has 7 nitrogen and oxygen atoms in total. The fraction of sp³-hybridized carbons (Fsp3) is 0.310. The van der Waals surface area contributed by atoms with Gasteiger partial charge in [0, 0.05) is 5.56 Å². The van der Waals surface area contributed by atoms with Crippen LogP contribution in [0.5, 0.6) is 17.2 Å². The lowest BCUT2D eigenvalue weighted by atomic mass is 9.73. The molecule has 11 heteroatoms. The third-order valence-corrected chi connectivity index (χ3v) is 6.60. The second-order valence-electron chi connectivity index (χ2n) is 9.52. The highest BCUT2D eigenvalue weighted by molar-refractivity contribution is 6.51. The number of cyclic esters (lactones) is 1. The van der Waals surface area contributed by atoms with Crippen LogP contribution >= 0.6 is 0 Å². The monoisotopic (exact) mass is 555 g/mol. The number of nitrogens with zero attached hydrogens (tertiary/aromatic N) is 1. The molecule has 1 atom stereocenters. The molecule has 4 rings (SSSR count). The molecule has 0 radical (unpaired) electrons. The van der Waals surface area contributed by atoms with Crippen LogP contribution in [0.15, 0.2) is 54.6 Å². The Kier molecular flexibility index (Phi) is 8.61. The zero-order valence-corrected chi connectivity index (χ0v) is 22.6. The van der Waals surface area contributed by atoms with Gasteiger partial charge in [-0.05, 0) is 48.4 Å². The lowest BCUT2D eigenvalue weighted by Gasteiger charge is -2.19. The molecule has 0 aromatic heterocycles. The maximum absolute atomic E-state index is 13.4. The number of carbonyl (C=O) groups excluding carboxylic acids is 2. The molecule has 40 heavy (non-hydrogen) atoms. The normalized spacial score (nSPS) is 15.0. The summed E-state index contributed by atoms with van der Waals surface area (Å²) in [5.74, 6) is 0.870. The molecule has 1 aliphatic heterocycles. The Morgan fingerprint density at radius 2 is 1.80 bits per heavy atom. The highest BCUT2D eigenvalue weighted by Crippen LogP contribution is 2.37. The van der Waals surface area contributed by atoms with Gasteiger partial charge in [-0.15, -0.1) is 0 Å². The van der Waals surface area contributed by atoms with Gasteiger partial charge < -0.3 is 18.9 Å². The van der Waals surface area contributed by atoms with Gasteiger partial charge in [0.05, 0.1) is 39.3 Å². The maximum Gasteiger partial charge on any atom is 0.416 e. The predicted molar refractivity (Wildman–Crippen MR) is 144 cm³/mol. The molecule has 3 aromatic rings. The van der Waals surface area contributed by atoms with Gasteiger partial charge in [-0.1, -0.05) is 42.1 Å². The second-order valence-corrected chi connectivity index (χ2v) is 9.52. The summed E-state index contributed by atoms with van der Waals surface area (Å²) in [6.45, 7) is 3.75. The van der Waals surface area contributed by atoms with E-state index in [9.17, 15) is 22.8 Å². The number of methoxy groups -OCH3 is 2. The van der Waals surface area contributed by atoms with Gasteiger partial charge in [-0.25, -0.2) is 4.79 Å². The van der Waals surface area contributed by atoms with Crippen molar-refractivity contribution in [3.63, 3.8) is 0 Å². The van der Waals surface area contributed by atoms with E-state index < -0.39 is 29.9 Å². The first-order chi connectivity index (χ1) is 19.0. The van der Waals surface area contributed by atoms with Crippen LogP contribution in [0, 0.1) is 6.92 Å². The van der Waals surface area contributed by atoms with Crippen LogP contribution in [-0.2, 0) is 33.4 Å². The first kappa shape index (κ1) is 28.9. The number of hydrogen-bond acceptors (Lipinski definition) is 6. The summed E-state index contributed by atoms with van der Waals surface area (Å²) in [6.07, 6.45) is -5.94. The van der Waals surface area contributed by atoms with Crippen molar-refractivity contribution in [2.75, 3.05) is 20.8 Å². The van der Waals surface area contributed by atoms with Crippen molar-refractivity contribution >= 4 is 24.8 Å². The Labute approximate surface area is 231 Å². The molecule has 0 unspecified atom stereocenters. The van der Waals surface area contributed by atoms with Gasteiger partial charge in [-0.2, -0.15) is 13.2 Å². The second kappa shape index (κ2) is 11.9. The summed E-state index contributed by atoms with van der Waals surface area (Å²) in [4.78, 5) is 26.0. The first-order valence-electron chi connectivity index (χ1n) is 12.7. The zero-order valence-electron chi connectivity index (χ0n) is 22.6. The van der Waals surface area contributed by atoms with Crippen molar-refractivity contribution in [1.29, 1.82) is 0 Å². The molecule has 1 heterocycles. The molecule has 0 bridgehead atoms. The van der Waals surface area contributed by atoms with Crippen LogP contribution in [-0.4, -0.2) is 45.0 Å². The lowest BCUT2D eigenvalue weighted by molar-refractivity contribution is -0.140. The fourth-order valence-corrected chi connectivity index (χ4v) is 4.52. The van der Waals surface area contributed by atoms with Gasteiger partial charge in [0.25, 0.3) is 0 Å². The molecule has 1 saturated heterocycles. The molecular formula is C29H29BF3NO6. The van der Waals surface area contributed by atoms with Gasteiger partial charge in [0.1, 0.15) is 11.9 Å². The lowest BCUT2D eigenvalue weighted by Crippen LogP contribution is -2.25. The standard InChI is InChI=1S/C29H29BF3NO6/c1-17-9-19(13-21(10-17)29(31,32)33)26-16-34(28(36)40-26)15-20-14-22(30-2)6-8-23(20)39-25-11-18(12-27(35)38-4)5-7-24(25)37-3/h5-11,13-14,26,30H,12,15-16H2,1-4H3/t26-/m1/s1. The molecule has 1 fully saturated rings.